The van der Waals surface area contributed by atoms with Crippen LogP contribution < -0.4 is 10.2 Å². The fraction of sp³-hybridized carbons (Fsp3) is 0.448. The molecule has 3 aromatic rings. The Morgan fingerprint density at radius 3 is 2.33 bits per heavy atom. The number of halogens is 1. The fourth-order valence-corrected chi connectivity index (χ4v) is 5.64. The minimum atomic E-state index is 0. The molecule has 1 aromatic heterocycles. The summed E-state index contributed by atoms with van der Waals surface area (Å²) in [6.45, 7) is 13.7. The van der Waals surface area contributed by atoms with Crippen LogP contribution in [0.25, 0.3) is 5.69 Å². The maximum absolute atomic E-state index is 13.8. The van der Waals surface area contributed by atoms with Gasteiger partial charge in [0.1, 0.15) is 0 Å². The van der Waals surface area contributed by atoms with E-state index in [0.717, 1.165) is 69.1 Å². The van der Waals surface area contributed by atoms with Crippen LogP contribution in [-0.2, 0) is 0 Å². The number of nitrogens with zero attached hydrogens (tertiary/aromatic N) is 4. The lowest BCUT2D eigenvalue weighted by molar-refractivity contribution is 0.0744. The summed E-state index contributed by atoms with van der Waals surface area (Å²) in [5, 5.41) is 8.26. The molecule has 1 amide bonds. The van der Waals surface area contributed by atoms with Crippen molar-refractivity contribution in [3.05, 3.63) is 76.1 Å². The highest BCUT2D eigenvalue weighted by Gasteiger charge is 2.31. The van der Waals surface area contributed by atoms with Crippen molar-refractivity contribution in [1.29, 1.82) is 0 Å². The molecule has 0 atom stereocenters. The van der Waals surface area contributed by atoms with E-state index < -0.39 is 0 Å². The molecule has 2 aliphatic heterocycles. The highest BCUT2D eigenvalue weighted by atomic mass is 35.5. The third-order valence-corrected chi connectivity index (χ3v) is 7.83. The summed E-state index contributed by atoms with van der Waals surface area (Å²) in [7, 11) is 0. The van der Waals surface area contributed by atoms with E-state index in [-0.39, 0.29) is 18.3 Å². The number of carbonyl (C=O) groups excluding carboxylic acids is 1. The average molecular weight is 508 g/mol. The second kappa shape index (κ2) is 11.1. The lowest BCUT2D eigenvalue weighted by atomic mass is 9.91. The first-order valence-electron chi connectivity index (χ1n) is 12.9. The van der Waals surface area contributed by atoms with Gasteiger partial charge in [-0.3, -0.25) is 4.79 Å². The van der Waals surface area contributed by atoms with E-state index in [1.165, 1.54) is 27.9 Å². The van der Waals surface area contributed by atoms with Crippen molar-refractivity contribution >= 4 is 24.0 Å². The van der Waals surface area contributed by atoms with Crippen molar-refractivity contribution in [3.63, 3.8) is 0 Å². The summed E-state index contributed by atoms with van der Waals surface area (Å²) >= 11 is 0. The SMILES string of the molecule is Cc1ccc(-n2ncc(C(=O)N3CCN(c4cccc(C)c4C)CC3)c2C2CCNCC2)c(C)c1.Cl. The van der Waals surface area contributed by atoms with Crippen LogP contribution in [-0.4, -0.2) is 59.9 Å². The fourth-order valence-electron chi connectivity index (χ4n) is 5.64. The standard InChI is InChI=1S/C29H37N5O.ClH/c1-20-8-9-26(22(3)18-20)34-28(24-10-12-30-13-11-24)25(19-31-34)29(35)33-16-14-32(15-17-33)27-7-5-6-21(2)23(27)4;/h5-9,18-19,24,30H,10-17H2,1-4H3;1H. The number of rotatable bonds is 4. The summed E-state index contributed by atoms with van der Waals surface area (Å²) in [5.74, 6) is 0.449. The molecule has 0 bridgehead atoms. The second-order valence-corrected chi connectivity index (χ2v) is 10.2. The third kappa shape index (κ3) is 5.02. The normalized spacial score (nSPS) is 16.7. The maximum Gasteiger partial charge on any atom is 0.257 e. The van der Waals surface area contributed by atoms with Gasteiger partial charge in [-0.15, -0.1) is 12.4 Å². The molecule has 2 aromatic carbocycles. The first-order chi connectivity index (χ1) is 16.9. The molecule has 0 spiro atoms. The van der Waals surface area contributed by atoms with Crippen molar-refractivity contribution in [2.45, 2.75) is 46.5 Å². The zero-order valence-electron chi connectivity index (χ0n) is 21.9. The summed E-state index contributed by atoms with van der Waals surface area (Å²) < 4.78 is 2.05. The molecule has 2 aliphatic rings. The lowest BCUT2D eigenvalue weighted by Gasteiger charge is -2.37. The Morgan fingerprint density at radius 1 is 0.917 bits per heavy atom. The molecule has 36 heavy (non-hydrogen) atoms. The van der Waals surface area contributed by atoms with Gasteiger partial charge in [0, 0.05) is 37.8 Å². The van der Waals surface area contributed by atoms with Gasteiger partial charge >= 0.3 is 0 Å². The monoisotopic (exact) mass is 507 g/mol. The van der Waals surface area contributed by atoms with Crippen LogP contribution in [0.3, 0.4) is 0 Å². The number of amides is 1. The van der Waals surface area contributed by atoms with E-state index in [2.05, 4.69) is 74.3 Å². The number of piperazine rings is 1. The number of nitrogens with one attached hydrogen (secondary N) is 1. The zero-order chi connectivity index (χ0) is 24.5. The van der Waals surface area contributed by atoms with Crippen LogP contribution in [0.2, 0.25) is 0 Å². The average Bonchev–Trinajstić information content (AvgIpc) is 3.31. The molecule has 0 saturated carbocycles. The van der Waals surface area contributed by atoms with Gasteiger partial charge in [0.15, 0.2) is 0 Å². The Bertz CT molecular complexity index is 1220. The van der Waals surface area contributed by atoms with Gasteiger partial charge in [-0.05, 0) is 82.4 Å². The molecule has 6 nitrogen and oxygen atoms in total. The van der Waals surface area contributed by atoms with E-state index in [1.54, 1.807) is 0 Å². The maximum atomic E-state index is 13.8. The predicted molar refractivity (Wildman–Crippen MR) is 149 cm³/mol. The molecule has 1 N–H and O–H groups in total. The van der Waals surface area contributed by atoms with Gasteiger partial charge in [-0.25, -0.2) is 4.68 Å². The molecule has 7 heteroatoms. The van der Waals surface area contributed by atoms with Crippen molar-refractivity contribution in [1.82, 2.24) is 20.0 Å². The number of hydrogen-bond acceptors (Lipinski definition) is 4. The minimum absolute atomic E-state index is 0. The third-order valence-electron chi connectivity index (χ3n) is 7.83. The van der Waals surface area contributed by atoms with E-state index in [0.29, 0.717) is 5.92 Å². The summed E-state index contributed by atoms with van der Waals surface area (Å²) in [4.78, 5) is 18.3. The van der Waals surface area contributed by atoms with Crippen LogP contribution in [0.1, 0.15) is 57.1 Å². The topological polar surface area (TPSA) is 53.4 Å². The number of hydrogen-bond donors (Lipinski definition) is 1. The van der Waals surface area contributed by atoms with Crippen LogP contribution in [0.15, 0.2) is 42.6 Å². The van der Waals surface area contributed by atoms with E-state index in [9.17, 15) is 4.79 Å². The van der Waals surface area contributed by atoms with Crippen molar-refractivity contribution < 1.29 is 4.79 Å². The zero-order valence-corrected chi connectivity index (χ0v) is 22.7. The molecule has 0 radical (unpaired) electrons. The van der Waals surface area contributed by atoms with Gasteiger partial charge in [0.05, 0.1) is 23.1 Å². The number of aromatic nitrogens is 2. The van der Waals surface area contributed by atoms with Crippen LogP contribution in [0.4, 0.5) is 5.69 Å². The molecule has 0 unspecified atom stereocenters. The van der Waals surface area contributed by atoms with E-state index in [1.807, 2.05) is 15.8 Å². The molecule has 2 saturated heterocycles. The number of piperidine rings is 1. The highest BCUT2D eigenvalue weighted by molar-refractivity contribution is 5.95. The molecule has 192 valence electrons. The number of anilines is 1. The highest BCUT2D eigenvalue weighted by Crippen LogP contribution is 2.32. The van der Waals surface area contributed by atoms with Crippen LogP contribution in [0, 0.1) is 27.7 Å². The quantitative estimate of drug-likeness (QED) is 0.542. The largest absolute Gasteiger partial charge is 0.368 e. The molecule has 2 fully saturated rings. The number of aryl methyl sites for hydroxylation is 3. The van der Waals surface area contributed by atoms with Gasteiger partial charge in [-0.1, -0.05) is 29.8 Å². The first kappa shape index (κ1) is 26.2. The lowest BCUT2D eigenvalue weighted by Crippen LogP contribution is -2.49. The molecular weight excluding hydrogens is 470 g/mol. The van der Waals surface area contributed by atoms with Crippen LogP contribution in [0.5, 0.6) is 0 Å². The molecular formula is C29H38ClN5O. The van der Waals surface area contributed by atoms with Gasteiger partial charge in [0.25, 0.3) is 5.91 Å². The first-order valence-corrected chi connectivity index (χ1v) is 12.9. The second-order valence-electron chi connectivity index (χ2n) is 10.2. The Kier molecular flexibility index (Phi) is 8.06. The van der Waals surface area contributed by atoms with E-state index >= 15 is 0 Å². The van der Waals surface area contributed by atoms with E-state index in [4.69, 9.17) is 5.10 Å². The van der Waals surface area contributed by atoms with Crippen molar-refractivity contribution in [2.75, 3.05) is 44.2 Å². The summed E-state index contributed by atoms with van der Waals surface area (Å²) in [5.41, 5.74) is 9.28. The summed E-state index contributed by atoms with van der Waals surface area (Å²) in [6.07, 6.45) is 3.87. The number of carbonyl (C=O) groups is 1. The minimum Gasteiger partial charge on any atom is -0.368 e. The molecule has 3 heterocycles. The predicted octanol–water partition coefficient (Wildman–Crippen LogP) is 4.96. The Balaban J connectivity index is 0.00000304. The molecule has 5 rings (SSSR count). The van der Waals surface area contributed by atoms with Gasteiger partial charge in [0.2, 0.25) is 0 Å². The van der Waals surface area contributed by atoms with Gasteiger partial charge in [-0.2, -0.15) is 5.10 Å². The molecule has 0 aliphatic carbocycles. The van der Waals surface area contributed by atoms with Crippen LogP contribution >= 0.6 is 12.4 Å². The Labute approximate surface area is 221 Å². The summed E-state index contributed by atoms with van der Waals surface area (Å²) in [6, 6.07) is 12.9. The van der Waals surface area contributed by atoms with Gasteiger partial charge < -0.3 is 15.1 Å². The van der Waals surface area contributed by atoms with Crippen molar-refractivity contribution in [3.8, 4) is 5.69 Å². The Hall–Kier alpha value is -2.83. The van der Waals surface area contributed by atoms with Crippen molar-refractivity contribution in [2.24, 2.45) is 0 Å². The Morgan fingerprint density at radius 2 is 1.64 bits per heavy atom. The number of benzene rings is 2. The smallest absolute Gasteiger partial charge is 0.257 e.